The van der Waals surface area contributed by atoms with Crippen molar-refractivity contribution >= 4 is 23.6 Å². The lowest BCUT2D eigenvalue weighted by Gasteiger charge is -2.29. The minimum absolute atomic E-state index is 0.0581. The highest BCUT2D eigenvalue weighted by atomic mass is 32.2. The standard InChI is InChI=1S/C12H17NO4S/c14-10(9-2-1-5-17-9)13-8(12(15)16)6-18-11(13)7-3-4-7/h7-9,11H,1-6H2,(H,15,16). The Bertz CT molecular complexity index is 365. The van der Waals surface area contributed by atoms with Crippen LogP contribution in [-0.4, -0.2) is 51.8 Å². The van der Waals surface area contributed by atoms with E-state index in [1.165, 1.54) is 0 Å². The maximum absolute atomic E-state index is 12.4. The van der Waals surface area contributed by atoms with E-state index < -0.39 is 18.1 Å². The van der Waals surface area contributed by atoms with Crippen molar-refractivity contribution in [1.29, 1.82) is 0 Å². The molecule has 0 bridgehead atoms. The maximum atomic E-state index is 12.4. The van der Waals surface area contributed by atoms with Crippen molar-refractivity contribution in [3.63, 3.8) is 0 Å². The fourth-order valence-electron chi connectivity index (χ4n) is 2.68. The van der Waals surface area contributed by atoms with E-state index in [4.69, 9.17) is 4.74 Å². The fraction of sp³-hybridized carbons (Fsp3) is 0.833. The largest absolute Gasteiger partial charge is 0.480 e. The van der Waals surface area contributed by atoms with Crippen LogP contribution in [0.15, 0.2) is 0 Å². The van der Waals surface area contributed by atoms with Crippen LogP contribution in [0.3, 0.4) is 0 Å². The van der Waals surface area contributed by atoms with Crippen molar-refractivity contribution in [3.05, 3.63) is 0 Å². The van der Waals surface area contributed by atoms with Gasteiger partial charge in [0.2, 0.25) is 0 Å². The molecule has 3 aliphatic rings. The number of hydrogen-bond acceptors (Lipinski definition) is 4. The van der Waals surface area contributed by atoms with Crippen LogP contribution in [0.1, 0.15) is 25.7 Å². The van der Waals surface area contributed by atoms with E-state index in [1.807, 2.05) is 0 Å². The molecular weight excluding hydrogens is 254 g/mol. The van der Waals surface area contributed by atoms with Gasteiger partial charge in [-0.15, -0.1) is 11.8 Å². The monoisotopic (exact) mass is 271 g/mol. The molecule has 100 valence electrons. The van der Waals surface area contributed by atoms with Crippen LogP contribution < -0.4 is 0 Å². The van der Waals surface area contributed by atoms with Gasteiger partial charge in [-0.25, -0.2) is 4.79 Å². The minimum atomic E-state index is -0.892. The van der Waals surface area contributed by atoms with Crippen LogP contribution in [0.5, 0.6) is 0 Å². The van der Waals surface area contributed by atoms with E-state index in [2.05, 4.69) is 0 Å². The Morgan fingerprint density at radius 2 is 2.06 bits per heavy atom. The molecule has 5 nitrogen and oxygen atoms in total. The molecule has 1 N–H and O–H groups in total. The molecule has 0 aromatic rings. The fourth-order valence-corrected chi connectivity index (χ4v) is 4.32. The second kappa shape index (κ2) is 4.74. The third-order valence-corrected chi connectivity index (χ3v) is 5.27. The number of amides is 1. The van der Waals surface area contributed by atoms with E-state index in [0.29, 0.717) is 18.3 Å². The van der Waals surface area contributed by atoms with Crippen LogP contribution in [-0.2, 0) is 14.3 Å². The van der Waals surface area contributed by atoms with Gasteiger partial charge >= 0.3 is 5.97 Å². The molecule has 3 atom stereocenters. The summed E-state index contributed by atoms with van der Waals surface area (Å²) in [6.07, 6.45) is 3.43. The van der Waals surface area contributed by atoms with Gasteiger partial charge in [0.1, 0.15) is 12.1 Å². The predicted octanol–water partition coefficient (Wildman–Crippen LogP) is 0.930. The number of rotatable bonds is 3. The van der Waals surface area contributed by atoms with E-state index in [1.54, 1.807) is 16.7 Å². The third-order valence-electron chi connectivity index (χ3n) is 3.80. The van der Waals surface area contributed by atoms with Crippen molar-refractivity contribution < 1.29 is 19.4 Å². The number of carbonyl (C=O) groups excluding carboxylic acids is 1. The summed E-state index contributed by atoms with van der Waals surface area (Å²) < 4.78 is 5.41. The lowest BCUT2D eigenvalue weighted by Crippen LogP contribution is -2.50. The molecule has 0 aromatic carbocycles. The molecule has 1 amide bonds. The Morgan fingerprint density at radius 3 is 2.61 bits per heavy atom. The van der Waals surface area contributed by atoms with Gasteiger partial charge in [-0.2, -0.15) is 0 Å². The summed E-state index contributed by atoms with van der Waals surface area (Å²) >= 11 is 1.61. The normalized spacial score (nSPS) is 36.0. The average molecular weight is 271 g/mol. The van der Waals surface area contributed by atoms with Crippen molar-refractivity contribution in [2.24, 2.45) is 5.92 Å². The van der Waals surface area contributed by atoms with Gasteiger partial charge in [-0.05, 0) is 31.6 Å². The molecule has 6 heteroatoms. The number of carboxylic acids is 1. The first-order chi connectivity index (χ1) is 8.68. The molecule has 3 rings (SSSR count). The van der Waals surface area contributed by atoms with Crippen LogP contribution in [0.25, 0.3) is 0 Å². The molecule has 2 aliphatic heterocycles. The first-order valence-electron chi connectivity index (χ1n) is 6.46. The molecule has 0 spiro atoms. The molecular formula is C12H17NO4S. The number of carboxylic acid groups (broad SMARTS) is 1. The molecule has 2 heterocycles. The number of thioether (sulfide) groups is 1. The first kappa shape index (κ1) is 12.3. The molecule has 2 saturated heterocycles. The number of hydrogen-bond donors (Lipinski definition) is 1. The zero-order chi connectivity index (χ0) is 12.7. The van der Waals surface area contributed by atoms with Crippen molar-refractivity contribution in [2.45, 2.75) is 43.2 Å². The molecule has 18 heavy (non-hydrogen) atoms. The molecule has 0 radical (unpaired) electrons. The summed E-state index contributed by atoms with van der Waals surface area (Å²) in [6, 6.07) is -0.669. The van der Waals surface area contributed by atoms with Gasteiger partial charge < -0.3 is 14.7 Å². The summed E-state index contributed by atoms with van der Waals surface area (Å²) in [4.78, 5) is 25.3. The molecule has 0 aromatic heterocycles. The smallest absolute Gasteiger partial charge is 0.327 e. The van der Waals surface area contributed by atoms with Gasteiger partial charge in [0, 0.05) is 12.4 Å². The minimum Gasteiger partial charge on any atom is -0.480 e. The SMILES string of the molecule is O=C(O)C1CSC(C2CC2)N1C(=O)C1CCCO1. The first-order valence-corrected chi connectivity index (χ1v) is 7.51. The van der Waals surface area contributed by atoms with Gasteiger partial charge in [0.25, 0.3) is 5.91 Å². The van der Waals surface area contributed by atoms with Crippen molar-refractivity contribution in [3.8, 4) is 0 Å². The number of aliphatic carboxylic acids is 1. The van der Waals surface area contributed by atoms with Crippen molar-refractivity contribution in [1.82, 2.24) is 4.90 Å². The maximum Gasteiger partial charge on any atom is 0.327 e. The van der Waals surface area contributed by atoms with Crippen LogP contribution in [0.2, 0.25) is 0 Å². The topological polar surface area (TPSA) is 66.8 Å². The second-order valence-electron chi connectivity index (χ2n) is 5.16. The summed E-state index contributed by atoms with van der Waals surface area (Å²) in [7, 11) is 0. The number of carbonyl (C=O) groups is 2. The molecule has 3 fully saturated rings. The second-order valence-corrected chi connectivity index (χ2v) is 6.31. The number of ether oxygens (including phenoxy) is 1. The van der Waals surface area contributed by atoms with Crippen molar-refractivity contribution in [2.75, 3.05) is 12.4 Å². The molecule has 1 aliphatic carbocycles. The quantitative estimate of drug-likeness (QED) is 0.827. The van der Waals surface area contributed by atoms with E-state index in [0.717, 1.165) is 25.7 Å². The molecule has 1 saturated carbocycles. The lowest BCUT2D eigenvalue weighted by molar-refractivity contribution is -0.153. The zero-order valence-corrected chi connectivity index (χ0v) is 10.9. The highest BCUT2D eigenvalue weighted by Gasteiger charge is 2.49. The zero-order valence-electron chi connectivity index (χ0n) is 10.1. The highest BCUT2D eigenvalue weighted by Crippen LogP contribution is 2.45. The predicted molar refractivity (Wildman–Crippen MR) is 66.2 cm³/mol. The van der Waals surface area contributed by atoms with Crippen LogP contribution in [0.4, 0.5) is 0 Å². The van der Waals surface area contributed by atoms with Gasteiger partial charge in [-0.3, -0.25) is 4.79 Å². The van der Waals surface area contributed by atoms with Crippen LogP contribution in [0, 0.1) is 5.92 Å². The third kappa shape index (κ3) is 2.12. The van der Waals surface area contributed by atoms with E-state index in [9.17, 15) is 14.7 Å². The summed E-state index contributed by atoms with van der Waals surface area (Å²) in [5.74, 6) is -0.00176. The average Bonchev–Trinajstić information content (AvgIpc) is 2.91. The summed E-state index contributed by atoms with van der Waals surface area (Å²) in [5, 5.41) is 9.31. The summed E-state index contributed by atoms with van der Waals surface area (Å²) in [6.45, 7) is 0.614. The lowest BCUT2D eigenvalue weighted by atomic mass is 10.1. The van der Waals surface area contributed by atoms with Gasteiger partial charge in [-0.1, -0.05) is 0 Å². The number of nitrogens with zero attached hydrogens (tertiary/aromatic N) is 1. The van der Waals surface area contributed by atoms with E-state index in [-0.39, 0.29) is 11.3 Å². The van der Waals surface area contributed by atoms with Crippen LogP contribution >= 0.6 is 11.8 Å². The Morgan fingerprint density at radius 1 is 1.28 bits per heavy atom. The summed E-state index contributed by atoms with van der Waals surface area (Å²) in [5.41, 5.74) is 0. The molecule has 3 unspecified atom stereocenters. The van der Waals surface area contributed by atoms with E-state index >= 15 is 0 Å². The Balaban J connectivity index is 1.78. The van der Waals surface area contributed by atoms with Gasteiger partial charge in [0.05, 0.1) is 5.37 Å². The van der Waals surface area contributed by atoms with Gasteiger partial charge in [0.15, 0.2) is 0 Å². The highest BCUT2D eigenvalue weighted by molar-refractivity contribution is 8.00. The Labute approximate surface area is 110 Å². The Hall–Kier alpha value is -0.750. The Kier molecular flexibility index (Phi) is 3.23.